The molecule has 1 amide bonds. The summed E-state index contributed by atoms with van der Waals surface area (Å²) in [5.74, 6) is 0.312. The number of halogens is 1. The molecule has 0 heterocycles. The number of ether oxygens (including phenoxy) is 2. The lowest BCUT2D eigenvalue weighted by Crippen LogP contribution is -2.56. The van der Waals surface area contributed by atoms with Crippen molar-refractivity contribution in [3.05, 3.63) is 28.2 Å². The zero-order valence-corrected chi connectivity index (χ0v) is 15.8. The zero-order valence-electron chi connectivity index (χ0n) is 14.2. The molecule has 1 aromatic rings. The van der Waals surface area contributed by atoms with Gasteiger partial charge in [0.05, 0.1) is 18.7 Å². The fraction of sp³-hybridized carbons (Fsp3) is 0.556. The Kier molecular flexibility index (Phi) is 6.66. The lowest BCUT2D eigenvalue weighted by Gasteiger charge is -2.35. The second kappa shape index (κ2) is 8.51. The van der Waals surface area contributed by atoms with Crippen molar-refractivity contribution in [2.24, 2.45) is 0 Å². The van der Waals surface area contributed by atoms with Gasteiger partial charge in [0.15, 0.2) is 0 Å². The molecule has 0 radical (unpaired) electrons. The summed E-state index contributed by atoms with van der Waals surface area (Å²) in [6.07, 6.45) is 5.19. The summed E-state index contributed by atoms with van der Waals surface area (Å²) in [5.41, 5.74) is 0.193. The molecule has 24 heavy (non-hydrogen) atoms. The first-order valence-corrected chi connectivity index (χ1v) is 9.02. The van der Waals surface area contributed by atoms with Crippen molar-refractivity contribution >= 4 is 27.8 Å². The first-order chi connectivity index (χ1) is 11.5. The molecule has 2 rings (SSSR count). The van der Waals surface area contributed by atoms with Gasteiger partial charge >= 0.3 is 5.97 Å². The number of rotatable bonds is 6. The first kappa shape index (κ1) is 18.8. The fourth-order valence-electron chi connectivity index (χ4n) is 3.18. The number of benzene rings is 1. The van der Waals surface area contributed by atoms with Crippen LogP contribution >= 0.6 is 15.9 Å². The Bertz CT molecular complexity index is 597. The van der Waals surface area contributed by atoms with Crippen molar-refractivity contribution in [3.8, 4) is 5.75 Å². The molecule has 6 heteroatoms. The Balaban J connectivity index is 1.96. The van der Waals surface area contributed by atoms with Gasteiger partial charge < -0.3 is 14.8 Å². The second-order valence-electron chi connectivity index (χ2n) is 6.15. The Morgan fingerprint density at radius 2 is 1.92 bits per heavy atom. The fourth-order valence-corrected chi connectivity index (χ4v) is 3.77. The molecule has 1 aliphatic carbocycles. The number of hydrogen-bond donors (Lipinski definition) is 1. The van der Waals surface area contributed by atoms with E-state index in [9.17, 15) is 9.59 Å². The maximum absolute atomic E-state index is 12.4. The second-order valence-corrected chi connectivity index (χ2v) is 7.01. The van der Waals surface area contributed by atoms with Gasteiger partial charge in [0, 0.05) is 6.42 Å². The van der Waals surface area contributed by atoms with Gasteiger partial charge in [0.25, 0.3) is 0 Å². The third-order valence-corrected chi connectivity index (χ3v) is 5.14. The molecule has 0 unspecified atom stereocenters. The topological polar surface area (TPSA) is 64.6 Å². The van der Waals surface area contributed by atoms with Gasteiger partial charge in [-0.1, -0.05) is 25.3 Å². The Labute approximate surface area is 151 Å². The number of esters is 1. The monoisotopic (exact) mass is 397 g/mol. The predicted molar refractivity (Wildman–Crippen MR) is 95.0 cm³/mol. The van der Waals surface area contributed by atoms with Crippen LogP contribution in [0.2, 0.25) is 0 Å². The van der Waals surface area contributed by atoms with E-state index in [4.69, 9.17) is 9.47 Å². The smallest absolute Gasteiger partial charge is 0.331 e. The molecular formula is C18H24BrNO4. The molecule has 0 atom stereocenters. The largest absolute Gasteiger partial charge is 0.496 e. The van der Waals surface area contributed by atoms with Gasteiger partial charge in [0.1, 0.15) is 11.3 Å². The third kappa shape index (κ3) is 4.50. The average Bonchev–Trinajstić information content (AvgIpc) is 2.60. The van der Waals surface area contributed by atoms with Gasteiger partial charge in [-0.25, -0.2) is 4.79 Å². The Hall–Kier alpha value is -1.56. The molecule has 0 aliphatic heterocycles. The number of carbonyl (C=O) groups excluding carboxylic acids is 2. The Morgan fingerprint density at radius 3 is 2.50 bits per heavy atom. The minimum atomic E-state index is -0.843. The average molecular weight is 398 g/mol. The van der Waals surface area contributed by atoms with E-state index in [1.165, 1.54) is 7.11 Å². The number of methoxy groups -OCH3 is 2. The summed E-state index contributed by atoms with van der Waals surface area (Å²) in [6.45, 7) is 0. The van der Waals surface area contributed by atoms with Crippen LogP contribution in [0, 0.1) is 0 Å². The van der Waals surface area contributed by atoms with Crippen molar-refractivity contribution in [3.63, 3.8) is 0 Å². The Morgan fingerprint density at radius 1 is 1.21 bits per heavy atom. The summed E-state index contributed by atoms with van der Waals surface area (Å²) in [7, 11) is 2.99. The SMILES string of the molecule is COC(=O)C1(NC(=O)CCc2ccc(OC)c(Br)c2)CCCCC1. The van der Waals surface area contributed by atoms with Crippen molar-refractivity contribution in [2.75, 3.05) is 14.2 Å². The van der Waals surface area contributed by atoms with Crippen LogP contribution in [0.15, 0.2) is 22.7 Å². The van der Waals surface area contributed by atoms with Crippen molar-refractivity contribution < 1.29 is 19.1 Å². The molecule has 1 saturated carbocycles. The van der Waals surface area contributed by atoms with E-state index in [2.05, 4.69) is 21.2 Å². The van der Waals surface area contributed by atoms with E-state index in [0.29, 0.717) is 25.7 Å². The molecule has 0 bridgehead atoms. The van der Waals surface area contributed by atoms with Crippen LogP contribution in [0.25, 0.3) is 0 Å². The number of amides is 1. The van der Waals surface area contributed by atoms with E-state index in [-0.39, 0.29) is 11.9 Å². The zero-order chi connectivity index (χ0) is 17.6. The molecule has 0 saturated heterocycles. The van der Waals surface area contributed by atoms with Crippen LogP contribution in [-0.4, -0.2) is 31.6 Å². The predicted octanol–water partition coefficient (Wildman–Crippen LogP) is 3.38. The standard InChI is InChI=1S/C18H24BrNO4/c1-23-15-8-6-13(12-14(15)19)7-9-16(21)20-18(17(22)24-2)10-4-3-5-11-18/h6,8,12H,3-5,7,9-11H2,1-2H3,(H,20,21). The summed E-state index contributed by atoms with van der Waals surface area (Å²) in [4.78, 5) is 24.5. The van der Waals surface area contributed by atoms with Crippen LogP contribution in [0.3, 0.4) is 0 Å². The van der Waals surface area contributed by atoms with E-state index in [1.807, 2.05) is 18.2 Å². The lowest BCUT2D eigenvalue weighted by molar-refractivity contribution is -0.152. The van der Waals surface area contributed by atoms with Crippen LogP contribution < -0.4 is 10.1 Å². The van der Waals surface area contributed by atoms with E-state index in [0.717, 1.165) is 35.0 Å². The summed E-state index contributed by atoms with van der Waals surface area (Å²) in [5, 5.41) is 2.94. The lowest BCUT2D eigenvalue weighted by atomic mass is 9.81. The minimum absolute atomic E-state index is 0.116. The van der Waals surface area contributed by atoms with Gasteiger partial charge in [-0.2, -0.15) is 0 Å². The maximum Gasteiger partial charge on any atom is 0.331 e. The molecule has 0 spiro atoms. The van der Waals surface area contributed by atoms with Crippen LogP contribution in [0.4, 0.5) is 0 Å². The highest BCUT2D eigenvalue weighted by atomic mass is 79.9. The highest BCUT2D eigenvalue weighted by Gasteiger charge is 2.41. The van der Waals surface area contributed by atoms with Gasteiger partial charge in [-0.05, 0) is 52.9 Å². The van der Waals surface area contributed by atoms with Gasteiger partial charge in [0.2, 0.25) is 5.91 Å². The number of hydrogen-bond acceptors (Lipinski definition) is 4. The molecule has 0 aromatic heterocycles. The number of nitrogens with one attached hydrogen (secondary N) is 1. The quantitative estimate of drug-likeness (QED) is 0.747. The van der Waals surface area contributed by atoms with E-state index in [1.54, 1.807) is 7.11 Å². The van der Waals surface area contributed by atoms with E-state index < -0.39 is 5.54 Å². The first-order valence-electron chi connectivity index (χ1n) is 8.22. The van der Waals surface area contributed by atoms with Gasteiger partial charge in [-0.15, -0.1) is 0 Å². The van der Waals surface area contributed by atoms with E-state index >= 15 is 0 Å². The number of aryl methyl sites for hydroxylation is 1. The highest BCUT2D eigenvalue weighted by Crippen LogP contribution is 2.30. The molecule has 1 aromatic carbocycles. The summed E-state index contributed by atoms with van der Waals surface area (Å²) >= 11 is 3.44. The van der Waals surface area contributed by atoms with Crippen molar-refractivity contribution in [2.45, 2.75) is 50.5 Å². The summed E-state index contributed by atoms with van der Waals surface area (Å²) < 4.78 is 11.0. The molecular weight excluding hydrogens is 374 g/mol. The molecule has 132 valence electrons. The normalized spacial score (nSPS) is 16.3. The van der Waals surface area contributed by atoms with Crippen LogP contribution in [0.1, 0.15) is 44.1 Å². The molecule has 1 fully saturated rings. The van der Waals surface area contributed by atoms with Crippen LogP contribution in [0.5, 0.6) is 5.75 Å². The van der Waals surface area contributed by atoms with Crippen molar-refractivity contribution in [1.82, 2.24) is 5.32 Å². The number of carbonyl (C=O) groups is 2. The molecule has 1 N–H and O–H groups in total. The third-order valence-electron chi connectivity index (χ3n) is 4.52. The molecule has 5 nitrogen and oxygen atoms in total. The maximum atomic E-state index is 12.4. The van der Waals surface area contributed by atoms with Gasteiger partial charge in [-0.3, -0.25) is 4.79 Å². The minimum Gasteiger partial charge on any atom is -0.496 e. The highest BCUT2D eigenvalue weighted by molar-refractivity contribution is 9.10. The van der Waals surface area contributed by atoms with Crippen LogP contribution in [-0.2, 0) is 20.7 Å². The summed E-state index contributed by atoms with van der Waals surface area (Å²) in [6, 6.07) is 5.75. The van der Waals surface area contributed by atoms with Crippen molar-refractivity contribution in [1.29, 1.82) is 0 Å². The molecule has 1 aliphatic rings.